The Morgan fingerprint density at radius 1 is 0.846 bits per heavy atom. The Kier molecular flexibility index (Phi) is 21.0. The number of hydrogen-bond donors (Lipinski definition) is 3. The number of carbonyl (C=O) groups excluding carboxylic acids is 5. The van der Waals surface area contributed by atoms with Gasteiger partial charge in [-0.15, -0.1) is 0 Å². The number of allylic oxidation sites excluding steroid dienone is 6. The van der Waals surface area contributed by atoms with Crippen molar-refractivity contribution >= 4 is 29.2 Å². The van der Waals surface area contributed by atoms with Gasteiger partial charge in [-0.2, -0.15) is 0 Å². The lowest BCUT2D eigenvalue weighted by Crippen LogP contribution is -2.61. The molecule has 2 unspecified atom stereocenters. The van der Waals surface area contributed by atoms with Crippen LogP contribution >= 0.6 is 0 Å². The first-order valence-electron chi connectivity index (χ1n) is 23.9. The molecule has 1 aliphatic carbocycles. The van der Waals surface area contributed by atoms with E-state index in [-0.39, 0.29) is 54.8 Å². The summed E-state index contributed by atoms with van der Waals surface area (Å²) in [6, 6.07) is -1.14. The molecule has 3 heterocycles. The van der Waals surface area contributed by atoms with Crippen molar-refractivity contribution in [2.45, 2.75) is 180 Å². The summed E-state index contributed by atoms with van der Waals surface area (Å²) in [5.41, 5.74) is 1.27. The van der Waals surface area contributed by atoms with Crippen LogP contribution in [0.2, 0.25) is 0 Å². The number of aliphatic hydroxyl groups excluding tert-OH is 2. The van der Waals surface area contributed by atoms with Gasteiger partial charge in [0.2, 0.25) is 5.79 Å². The standard InChI is InChI=1S/C51H79NO13/c1-30-16-12-11-13-17-31(2)42(61-8)28-38-21-19-36(7)51(60,65-38)48(57)49(58)52-23-15-14-18-39(52)50(59)64-43(33(4)26-37-20-22-40(53)44(27-37)62-9)29-41(54)32(3)25-35(6)46(56)47(63-10)45(55)34(5)24-30/h11-13,16-17,25,30,32-34,36-40,42-44,46-47,53,56,60H,14-15,18-24,26-29H2,1-10H3/b13-11?,16-12+,31-17?,35-25+/t30-,32-,33-,34-,36-,37+,38?,39?,40-,42+,43+,44-,46-,47+,51-/m1/s1. The maximum absolute atomic E-state index is 14.4. The van der Waals surface area contributed by atoms with E-state index in [9.17, 15) is 39.3 Å². The van der Waals surface area contributed by atoms with Gasteiger partial charge in [-0.3, -0.25) is 19.2 Å². The molecular formula is C51H79NO13. The van der Waals surface area contributed by atoms with Crippen molar-refractivity contribution < 1.29 is 63.0 Å². The molecule has 4 aliphatic rings. The van der Waals surface area contributed by atoms with Gasteiger partial charge in [0.1, 0.15) is 30.1 Å². The first kappa shape index (κ1) is 54.2. The van der Waals surface area contributed by atoms with Gasteiger partial charge in [0.15, 0.2) is 5.78 Å². The molecule has 1 saturated carbocycles. The average Bonchev–Trinajstić information content (AvgIpc) is 3.28. The van der Waals surface area contributed by atoms with Crippen LogP contribution in [-0.4, -0.2) is 132 Å². The number of hydrogen-bond acceptors (Lipinski definition) is 13. The molecule has 14 heteroatoms. The van der Waals surface area contributed by atoms with Crippen molar-refractivity contribution in [3.8, 4) is 0 Å². The van der Waals surface area contributed by atoms with Gasteiger partial charge in [-0.05, 0) is 107 Å². The minimum absolute atomic E-state index is 0.0193. The number of amides is 1. The second kappa shape index (κ2) is 25.1. The first-order valence-corrected chi connectivity index (χ1v) is 23.9. The molecular weight excluding hydrogens is 835 g/mol. The number of methoxy groups -OCH3 is 3. The Morgan fingerprint density at radius 3 is 2.25 bits per heavy atom. The molecule has 14 nitrogen and oxygen atoms in total. The van der Waals surface area contributed by atoms with E-state index in [2.05, 4.69) is 0 Å². The third-order valence-electron chi connectivity index (χ3n) is 14.5. The zero-order valence-corrected chi connectivity index (χ0v) is 40.6. The van der Waals surface area contributed by atoms with Crippen LogP contribution in [0.5, 0.6) is 0 Å². The Hall–Kier alpha value is -3.37. The zero-order chi connectivity index (χ0) is 48.2. The number of ether oxygens (including phenoxy) is 5. The van der Waals surface area contributed by atoms with Crippen molar-refractivity contribution in [1.29, 1.82) is 0 Å². The fourth-order valence-corrected chi connectivity index (χ4v) is 10.1. The van der Waals surface area contributed by atoms with Gasteiger partial charge in [-0.1, -0.05) is 71.1 Å². The van der Waals surface area contributed by atoms with Crippen LogP contribution in [0, 0.1) is 35.5 Å². The van der Waals surface area contributed by atoms with E-state index < -0.39 is 83.9 Å². The number of nitrogens with zero attached hydrogens (tertiary/aromatic N) is 1. The number of aliphatic hydroxyl groups is 3. The minimum Gasteiger partial charge on any atom is -0.460 e. The van der Waals surface area contributed by atoms with Crippen LogP contribution in [-0.2, 0) is 47.7 Å². The summed E-state index contributed by atoms with van der Waals surface area (Å²) in [5, 5.41) is 33.8. The number of cyclic esters (lactones) is 1. The molecule has 3 N–H and O–H groups in total. The second-order valence-corrected chi connectivity index (χ2v) is 19.6. The molecule has 2 saturated heterocycles. The summed E-state index contributed by atoms with van der Waals surface area (Å²) in [6.45, 7) is 12.7. The minimum atomic E-state index is -2.43. The van der Waals surface area contributed by atoms with Gasteiger partial charge < -0.3 is 43.9 Å². The molecule has 0 aromatic rings. The van der Waals surface area contributed by atoms with Crippen LogP contribution in [0.1, 0.15) is 126 Å². The van der Waals surface area contributed by atoms with Crippen molar-refractivity contribution in [3.63, 3.8) is 0 Å². The smallest absolute Gasteiger partial charge is 0.329 e. The molecule has 4 rings (SSSR count). The van der Waals surface area contributed by atoms with Crippen LogP contribution in [0.3, 0.4) is 0 Å². The van der Waals surface area contributed by atoms with E-state index in [0.29, 0.717) is 63.4 Å². The number of ketones is 3. The second-order valence-electron chi connectivity index (χ2n) is 19.6. The Labute approximate surface area is 387 Å². The third-order valence-corrected chi connectivity index (χ3v) is 14.5. The number of carbonyl (C=O) groups is 5. The maximum Gasteiger partial charge on any atom is 0.329 e. The van der Waals surface area contributed by atoms with Crippen LogP contribution in [0.25, 0.3) is 0 Å². The predicted octanol–water partition coefficient (Wildman–Crippen LogP) is 6.18. The molecule has 2 bridgehead atoms. The zero-order valence-electron chi connectivity index (χ0n) is 40.6. The monoisotopic (exact) mass is 914 g/mol. The largest absolute Gasteiger partial charge is 0.460 e. The first-order chi connectivity index (χ1) is 30.7. The molecule has 0 radical (unpaired) electrons. The summed E-state index contributed by atoms with van der Waals surface area (Å²) < 4.78 is 29.4. The van der Waals surface area contributed by atoms with Gasteiger partial charge in [0, 0.05) is 58.5 Å². The molecule has 15 atom stereocenters. The number of Topliss-reactive ketones (excluding diaryl/α,β-unsaturated/α-hetero) is 3. The van der Waals surface area contributed by atoms with E-state index in [1.165, 1.54) is 12.0 Å². The lowest BCUT2D eigenvalue weighted by Gasteiger charge is -2.42. The summed E-state index contributed by atoms with van der Waals surface area (Å²) >= 11 is 0. The molecule has 65 heavy (non-hydrogen) atoms. The quantitative estimate of drug-likeness (QED) is 0.156. The molecule has 0 aromatic carbocycles. The molecule has 1 amide bonds. The third kappa shape index (κ3) is 14.3. The highest BCUT2D eigenvalue weighted by molar-refractivity contribution is 6.39. The van der Waals surface area contributed by atoms with Gasteiger partial charge in [-0.25, -0.2) is 4.79 Å². The highest BCUT2D eigenvalue weighted by Crippen LogP contribution is 2.38. The highest BCUT2D eigenvalue weighted by atomic mass is 16.6. The predicted molar refractivity (Wildman–Crippen MR) is 245 cm³/mol. The molecule has 0 spiro atoms. The number of rotatable bonds is 6. The molecule has 366 valence electrons. The summed E-state index contributed by atoms with van der Waals surface area (Å²) in [4.78, 5) is 71.8. The Balaban J connectivity index is 1.70. The molecule has 0 aromatic heterocycles. The average molecular weight is 914 g/mol. The molecule has 3 aliphatic heterocycles. The van der Waals surface area contributed by atoms with Crippen molar-refractivity contribution in [1.82, 2.24) is 4.90 Å². The maximum atomic E-state index is 14.4. The summed E-state index contributed by atoms with van der Waals surface area (Å²) in [6.07, 6.45) is 11.2. The van der Waals surface area contributed by atoms with Gasteiger partial charge in [0.25, 0.3) is 11.7 Å². The Morgan fingerprint density at radius 2 is 1.57 bits per heavy atom. The van der Waals surface area contributed by atoms with Crippen LogP contribution in [0.4, 0.5) is 0 Å². The summed E-state index contributed by atoms with van der Waals surface area (Å²) in [7, 11) is 4.52. The van der Waals surface area contributed by atoms with E-state index in [1.807, 2.05) is 58.1 Å². The van der Waals surface area contributed by atoms with E-state index in [1.54, 1.807) is 41.1 Å². The van der Waals surface area contributed by atoms with Gasteiger partial charge in [0.05, 0.1) is 24.4 Å². The fraction of sp³-hybridized carbons (Fsp3) is 0.745. The lowest BCUT2D eigenvalue weighted by molar-refractivity contribution is -0.265. The van der Waals surface area contributed by atoms with E-state index >= 15 is 0 Å². The highest BCUT2D eigenvalue weighted by Gasteiger charge is 2.53. The number of esters is 1. The van der Waals surface area contributed by atoms with E-state index in [0.717, 1.165) is 12.0 Å². The van der Waals surface area contributed by atoms with Crippen molar-refractivity contribution in [2.24, 2.45) is 35.5 Å². The van der Waals surface area contributed by atoms with E-state index in [4.69, 9.17) is 23.7 Å². The SMILES string of the molecule is CO[C@H]1CC2CC[C@@H](C)[C@@](O)(O2)C(=O)C(=O)N2CCCCC2C(=O)O[C@H]([C@H](C)C[C@@H]2CC[C@@H](O)[C@H](OC)C2)CC(=O)[C@H](C)/C=C(\C)[C@@H](O)[C@@H](OC)C(=O)[C@H](C)C[C@H](C)/C=C/C=CC=C1C. The van der Waals surface area contributed by atoms with Crippen LogP contribution in [0.15, 0.2) is 47.6 Å². The normalized spacial score (nSPS) is 39.1. The topological polar surface area (TPSA) is 195 Å². The fourth-order valence-electron chi connectivity index (χ4n) is 10.1. The number of piperidine rings is 1. The van der Waals surface area contributed by atoms with Crippen molar-refractivity contribution in [2.75, 3.05) is 27.9 Å². The lowest BCUT2D eigenvalue weighted by atomic mass is 9.78. The molecule has 3 fully saturated rings. The van der Waals surface area contributed by atoms with Crippen LogP contribution < -0.4 is 0 Å². The van der Waals surface area contributed by atoms with Gasteiger partial charge >= 0.3 is 5.97 Å². The summed E-state index contributed by atoms with van der Waals surface area (Å²) in [5.74, 6) is -7.96. The van der Waals surface area contributed by atoms with Crippen molar-refractivity contribution in [3.05, 3.63) is 47.6 Å². The Bertz CT molecular complexity index is 1760. The number of fused-ring (bicyclic) bond motifs is 3.